The second kappa shape index (κ2) is 5.70. The number of nitriles is 1. The van der Waals surface area contributed by atoms with Gasteiger partial charge in [0.2, 0.25) is 0 Å². The third-order valence-electron chi connectivity index (χ3n) is 3.27. The number of fused-ring (bicyclic) bond motifs is 1. The maximum Gasteiger partial charge on any atom is 0.146 e. The Labute approximate surface area is 125 Å². The summed E-state index contributed by atoms with van der Waals surface area (Å²) in [5.74, 6) is 0.940. The molecule has 0 saturated heterocycles. The zero-order chi connectivity index (χ0) is 13.9. The molecule has 0 bridgehead atoms. The molecule has 2 heterocycles. The summed E-state index contributed by atoms with van der Waals surface area (Å²) in [5, 5.41) is 9.05. The molecule has 1 unspecified atom stereocenters. The molecule has 0 amide bonds. The van der Waals surface area contributed by atoms with Gasteiger partial charge in [-0.2, -0.15) is 5.26 Å². The Bertz CT molecular complexity index is 660. The summed E-state index contributed by atoms with van der Waals surface area (Å²) in [4.78, 5) is 14.4. The van der Waals surface area contributed by atoms with Crippen molar-refractivity contribution in [1.29, 1.82) is 5.26 Å². The minimum atomic E-state index is -0.281. The SMILES string of the molecule is N#Cc1cc2c(s1)SCCN2C(C=O)c1ccccc1. The van der Waals surface area contributed by atoms with Crippen LogP contribution in [0.4, 0.5) is 5.69 Å². The Kier molecular flexibility index (Phi) is 3.77. The first kappa shape index (κ1) is 13.2. The Hall–Kier alpha value is -1.77. The van der Waals surface area contributed by atoms with Gasteiger partial charge in [-0.3, -0.25) is 0 Å². The van der Waals surface area contributed by atoms with Crippen LogP contribution in [0.15, 0.2) is 40.6 Å². The highest BCUT2D eigenvalue weighted by molar-refractivity contribution is 8.01. The maximum absolute atomic E-state index is 11.6. The number of rotatable bonds is 3. The zero-order valence-corrected chi connectivity index (χ0v) is 12.3. The van der Waals surface area contributed by atoms with Crippen LogP contribution in [0.3, 0.4) is 0 Å². The van der Waals surface area contributed by atoms with Gasteiger partial charge in [-0.05, 0) is 11.6 Å². The Morgan fingerprint density at radius 3 is 2.85 bits per heavy atom. The molecule has 3 rings (SSSR count). The third-order valence-corrected chi connectivity index (χ3v) is 5.56. The Morgan fingerprint density at radius 1 is 1.35 bits per heavy atom. The molecule has 3 nitrogen and oxygen atoms in total. The second-order valence-corrected chi connectivity index (χ2v) is 6.84. The van der Waals surface area contributed by atoms with Crippen molar-refractivity contribution in [2.24, 2.45) is 0 Å². The molecule has 1 aromatic heterocycles. The number of hydrogen-bond acceptors (Lipinski definition) is 5. The molecule has 0 fully saturated rings. The lowest BCUT2D eigenvalue weighted by molar-refractivity contribution is -0.109. The van der Waals surface area contributed by atoms with Crippen LogP contribution in [0, 0.1) is 11.3 Å². The minimum Gasteiger partial charge on any atom is -0.355 e. The molecule has 0 N–H and O–H groups in total. The number of thioether (sulfide) groups is 1. The van der Waals surface area contributed by atoms with Crippen molar-refractivity contribution in [3.8, 4) is 6.07 Å². The van der Waals surface area contributed by atoms with Gasteiger partial charge in [0.1, 0.15) is 23.3 Å². The van der Waals surface area contributed by atoms with Crippen molar-refractivity contribution in [3.05, 3.63) is 46.8 Å². The highest BCUT2D eigenvalue weighted by Gasteiger charge is 2.27. The van der Waals surface area contributed by atoms with Gasteiger partial charge >= 0.3 is 0 Å². The van der Waals surface area contributed by atoms with Crippen LogP contribution >= 0.6 is 23.1 Å². The van der Waals surface area contributed by atoms with Crippen LogP contribution in [-0.2, 0) is 4.79 Å². The van der Waals surface area contributed by atoms with Crippen LogP contribution in [0.1, 0.15) is 16.5 Å². The summed E-state index contributed by atoms with van der Waals surface area (Å²) in [6.07, 6.45) is 0.985. The number of benzene rings is 1. The number of carbonyl (C=O) groups is 1. The highest BCUT2D eigenvalue weighted by atomic mass is 32.2. The van der Waals surface area contributed by atoms with Crippen LogP contribution < -0.4 is 4.90 Å². The van der Waals surface area contributed by atoms with E-state index in [4.69, 9.17) is 5.26 Å². The fourth-order valence-corrected chi connectivity index (χ4v) is 4.60. The average Bonchev–Trinajstić information content (AvgIpc) is 2.93. The van der Waals surface area contributed by atoms with Gasteiger partial charge in [0.05, 0.1) is 9.90 Å². The van der Waals surface area contributed by atoms with Crippen LogP contribution in [0.2, 0.25) is 0 Å². The standard InChI is InChI=1S/C15H12N2OS2/c16-9-12-8-13-15(20-12)19-7-6-17(13)14(10-18)11-4-2-1-3-5-11/h1-5,8,10,14H,6-7H2. The predicted octanol–water partition coefficient (Wildman–Crippen LogP) is 3.47. The highest BCUT2D eigenvalue weighted by Crippen LogP contribution is 2.44. The lowest BCUT2D eigenvalue weighted by Gasteiger charge is -2.33. The van der Waals surface area contributed by atoms with E-state index in [2.05, 4.69) is 11.0 Å². The molecule has 1 atom stereocenters. The molecule has 0 aliphatic carbocycles. The first-order valence-corrected chi connectivity index (χ1v) is 8.07. The van der Waals surface area contributed by atoms with Gasteiger partial charge in [-0.1, -0.05) is 30.3 Å². The minimum absolute atomic E-state index is 0.281. The van der Waals surface area contributed by atoms with Gasteiger partial charge in [0.25, 0.3) is 0 Å². The van der Waals surface area contributed by atoms with E-state index in [0.717, 1.165) is 34.0 Å². The fraction of sp³-hybridized carbons (Fsp3) is 0.200. The van der Waals surface area contributed by atoms with E-state index >= 15 is 0 Å². The van der Waals surface area contributed by atoms with E-state index < -0.39 is 0 Å². The van der Waals surface area contributed by atoms with Crippen molar-refractivity contribution in [2.45, 2.75) is 10.3 Å². The average molecular weight is 300 g/mol. The van der Waals surface area contributed by atoms with Gasteiger partial charge in [-0.25, -0.2) is 0 Å². The van der Waals surface area contributed by atoms with Crippen LogP contribution in [0.5, 0.6) is 0 Å². The van der Waals surface area contributed by atoms with E-state index in [1.165, 1.54) is 11.3 Å². The predicted molar refractivity (Wildman–Crippen MR) is 82.4 cm³/mol. The zero-order valence-electron chi connectivity index (χ0n) is 10.7. The molecule has 2 aromatic rings. The molecule has 5 heteroatoms. The monoisotopic (exact) mass is 300 g/mol. The molecule has 0 radical (unpaired) electrons. The van der Waals surface area contributed by atoms with Crippen molar-refractivity contribution in [1.82, 2.24) is 0 Å². The van der Waals surface area contributed by atoms with E-state index in [1.54, 1.807) is 11.8 Å². The summed E-state index contributed by atoms with van der Waals surface area (Å²) in [7, 11) is 0. The van der Waals surface area contributed by atoms with Gasteiger partial charge in [0.15, 0.2) is 0 Å². The third kappa shape index (κ3) is 2.33. The van der Waals surface area contributed by atoms with E-state index in [1.807, 2.05) is 36.4 Å². The number of hydrogen-bond donors (Lipinski definition) is 0. The van der Waals surface area contributed by atoms with Gasteiger partial charge in [-0.15, -0.1) is 23.1 Å². The molecule has 1 aromatic carbocycles. The number of nitrogens with zero attached hydrogens (tertiary/aromatic N) is 2. The first-order chi connectivity index (χ1) is 9.83. The molecule has 1 aliphatic rings. The first-order valence-electron chi connectivity index (χ1n) is 6.27. The Morgan fingerprint density at radius 2 is 2.15 bits per heavy atom. The molecular weight excluding hydrogens is 288 g/mol. The summed E-state index contributed by atoms with van der Waals surface area (Å²) in [5.41, 5.74) is 2.01. The van der Waals surface area contributed by atoms with E-state index in [-0.39, 0.29) is 6.04 Å². The summed E-state index contributed by atoms with van der Waals surface area (Å²) >= 11 is 3.27. The second-order valence-electron chi connectivity index (χ2n) is 4.43. The van der Waals surface area contributed by atoms with Gasteiger partial charge < -0.3 is 9.69 Å². The summed E-state index contributed by atoms with van der Waals surface area (Å²) in [6, 6.07) is 13.6. The normalized spacial score (nSPS) is 15.2. The van der Waals surface area contributed by atoms with Gasteiger partial charge in [0, 0.05) is 12.3 Å². The molecule has 1 aliphatic heterocycles. The van der Waals surface area contributed by atoms with Crippen molar-refractivity contribution in [2.75, 3.05) is 17.2 Å². The number of carbonyl (C=O) groups excluding carboxylic acids is 1. The quantitative estimate of drug-likeness (QED) is 0.814. The number of aldehydes is 1. The van der Waals surface area contributed by atoms with Crippen LogP contribution in [-0.4, -0.2) is 18.6 Å². The van der Waals surface area contributed by atoms with E-state index in [9.17, 15) is 4.79 Å². The van der Waals surface area contributed by atoms with Crippen molar-refractivity contribution in [3.63, 3.8) is 0 Å². The summed E-state index contributed by atoms with van der Waals surface area (Å²) < 4.78 is 1.13. The number of anilines is 1. The topological polar surface area (TPSA) is 44.1 Å². The van der Waals surface area contributed by atoms with E-state index in [0.29, 0.717) is 4.88 Å². The summed E-state index contributed by atoms with van der Waals surface area (Å²) in [6.45, 7) is 0.817. The smallest absolute Gasteiger partial charge is 0.146 e. The lowest BCUT2D eigenvalue weighted by atomic mass is 10.1. The number of thiophene rings is 1. The van der Waals surface area contributed by atoms with Crippen LogP contribution in [0.25, 0.3) is 0 Å². The largest absolute Gasteiger partial charge is 0.355 e. The van der Waals surface area contributed by atoms with Crippen molar-refractivity contribution >= 4 is 35.1 Å². The molecular formula is C15H12N2OS2. The molecule has 100 valence electrons. The maximum atomic E-state index is 11.6. The molecule has 0 saturated carbocycles. The van der Waals surface area contributed by atoms with Crippen molar-refractivity contribution < 1.29 is 4.79 Å². The lowest BCUT2D eigenvalue weighted by Crippen LogP contribution is -2.33. The Balaban J connectivity index is 2.01. The molecule has 0 spiro atoms. The molecule has 20 heavy (non-hydrogen) atoms. The fourth-order valence-electron chi connectivity index (χ4n) is 2.35.